The Morgan fingerprint density at radius 1 is 1.30 bits per heavy atom. The highest BCUT2D eigenvalue weighted by Crippen LogP contribution is 2.34. The molecule has 110 valence electrons. The van der Waals surface area contributed by atoms with Crippen molar-refractivity contribution in [2.75, 3.05) is 5.88 Å². The molecule has 0 aliphatic heterocycles. The minimum atomic E-state index is -0.340. The van der Waals surface area contributed by atoms with Gasteiger partial charge in [-0.05, 0) is 43.7 Å². The quantitative estimate of drug-likeness (QED) is 0.782. The van der Waals surface area contributed by atoms with Crippen LogP contribution in [-0.4, -0.2) is 17.3 Å². The number of nitrogens with one attached hydrogen (secondary N) is 1. The van der Waals surface area contributed by atoms with Gasteiger partial charge >= 0.3 is 0 Å². The van der Waals surface area contributed by atoms with Crippen molar-refractivity contribution < 1.29 is 4.79 Å². The Kier molecular flexibility index (Phi) is 5.22. The SMILES string of the molecule is CC1CCC(CCl)(NC(=O)c2c(Cl)cccc2Cl)CC1. The minimum Gasteiger partial charge on any atom is -0.345 e. The Morgan fingerprint density at radius 2 is 1.85 bits per heavy atom. The second-order valence-electron chi connectivity index (χ2n) is 5.65. The lowest BCUT2D eigenvalue weighted by molar-refractivity contribution is 0.0872. The number of carbonyl (C=O) groups is 1. The molecule has 1 aliphatic rings. The van der Waals surface area contributed by atoms with E-state index < -0.39 is 0 Å². The van der Waals surface area contributed by atoms with E-state index in [1.165, 1.54) is 0 Å². The predicted molar refractivity (Wildman–Crippen MR) is 85.0 cm³/mol. The Bertz CT molecular complexity index is 476. The van der Waals surface area contributed by atoms with Gasteiger partial charge in [-0.15, -0.1) is 11.6 Å². The second-order valence-corrected chi connectivity index (χ2v) is 6.73. The molecule has 20 heavy (non-hydrogen) atoms. The molecule has 5 heteroatoms. The summed E-state index contributed by atoms with van der Waals surface area (Å²) in [5.41, 5.74) is -0.00728. The molecule has 0 radical (unpaired) electrons. The van der Waals surface area contributed by atoms with E-state index >= 15 is 0 Å². The van der Waals surface area contributed by atoms with Gasteiger partial charge in [-0.2, -0.15) is 0 Å². The van der Waals surface area contributed by atoms with Crippen molar-refractivity contribution in [3.63, 3.8) is 0 Å². The lowest BCUT2D eigenvalue weighted by Crippen LogP contribution is -2.52. The molecule has 1 saturated carbocycles. The van der Waals surface area contributed by atoms with Gasteiger partial charge in [0.15, 0.2) is 0 Å². The molecule has 1 aromatic rings. The average molecular weight is 335 g/mol. The molecule has 2 rings (SSSR count). The summed E-state index contributed by atoms with van der Waals surface area (Å²) in [6.07, 6.45) is 3.93. The van der Waals surface area contributed by atoms with Crippen LogP contribution in [0.4, 0.5) is 0 Å². The molecule has 0 unspecified atom stereocenters. The van der Waals surface area contributed by atoms with Crippen LogP contribution in [0.2, 0.25) is 10.0 Å². The minimum absolute atomic E-state index is 0.240. The summed E-state index contributed by atoms with van der Waals surface area (Å²) in [7, 11) is 0. The van der Waals surface area contributed by atoms with Gasteiger partial charge in [0.05, 0.1) is 21.1 Å². The largest absolute Gasteiger partial charge is 0.345 e. The third-order valence-electron chi connectivity index (χ3n) is 4.06. The number of hydrogen-bond donors (Lipinski definition) is 1. The summed E-state index contributed by atoms with van der Waals surface area (Å²) in [6, 6.07) is 5.05. The molecule has 1 amide bonds. The van der Waals surface area contributed by atoms with Crippen molar-refractivity contribution in [3.8, 4) is 0 Å². The number of halogens is 3. The Hall–Kier alpha value is -0.440. The van der Waals surface area contributed by atoms with Crippen LogP contribution < -0.4 is 5.32 Å². The summed E-state index contributed by atoms with van der Waals surface area (Å²) in [5.74, 6) is 0.857. The number of carbonyl (C=O) groups excluding carboxylic acids is 1. The van der Waals surface area contributed by atoms with Gasteiger partial charge in [0.25, 0.3) is 5.91 Å². The number of hydrogen-bond acceptors (Lipinski definition) is 1. The fourth-order valence-corrected chi connectivity index (χ4v) is 3.53. The first kappa shape index (κ1) is 15.9. The van der Waals surface area contributed by atoms with E-state index in [1.54, 1.807) is 18.2 Å². The summed E-state index contributed by atoms with van der Waals surface area (Å²) in [6.45, 7) is 2.23. The topological polar surface area (TPSA) is 29.1 Å². The summed E-state index contributed by atoms with van der Waals surface area (Å²) in [4.78, 5) is 12.5. The van der Waals surface area contributed by atoms with Crippen LogP contribution in [0.1, 0.15) is 43.0 Å². The first-order valence-electron chi connectivity index (χ1n) is 6.80. The summed E-state index contributed by atoms with van der Waals surface area (Å²) < 4.78 is 0. The lowest BCUT2D eigenvalue weighted by Gasteiger charge is -2.38. The van der Waals surface area contributed by atoms with Crippen molar-refractivity contribution >= 4 is 40.7 Å². The van der Waals surface area contributed by atoms with Gasteiger partial charge in [0.1, 0.15) is 0 Å². The molecule has 1 fully saturated rings. The molecule has 0 aromatic heterocycles. The second kappa shape index (κ2) is 6.55. The van der Waals surface area contributed by atoms with E-state index in [0.717, 1.165) is 25.7 Å². The first-order chi connectivity index (χ1) is 9.47. The van der Waals surface area contributed by atoms with Gasteiger partial charge in [0, 0.05) is 5.88 Å². The molecule has 1 aromatic carbocycles. The van der Waals surface area contributed by atoms with Gasteiger partial charge in [-0.25, -0.2) is 0 Å². The van der Waals surface area contributed by atoms with Crippen molar-refractivity contribution in [3.05, 3.63) is 33.8 Å². The number of benzene rings is 1. The zero-order chi connectivity index (χ0) is 14.8. The highest BCUT2D eigenvalue weighted by atomic mass is 35.5. The van der Waals surface area contributed by atoms with E-state index in [0.29, 0.717) is 27.4 Å². The third kappa shape index (κ3) is 3.41. The van der Waals surface area contributed by atoms with E-state index in [2.05, 4.69) is 12.2 Å². The Balaban J connectivity index is 2.18. The smallest absolute Gasteiger partial charge is 0.254 e. The van der Waals surface area contributed by atoms with E-state index in [1.807, 2.05) is 0 Å². The van der Waals surface area contributed by atoms with Crippen LogP contribution in [0.3, 0.4) is 0 Å². The van der Waals surface area contributed by atoms with E-state index in [9.17, 15) is 4.79 Å². The summed E-state index contributed by atoms with van der Waals surface area (Å²) in [5, 5.41) is 3.79. The highest BCUT2D eigenvalue weighted by molar-refractivity contribution is 6.39. The van der Waals surface area contributed by atoms with E-state index in [4.69, 9.17) is 34.8 Å². The number of amides is 1. The molecule has 0 saturated heterocycles. The van der Waals surface area contributed by atoms with Crippen molar-refractivity contribution in [2.45, 2.75) is 38.1 Å². The van der Waals surface area contributed by atoms with Crippen molar-refractivity contribution in [1.82, 2.24) is 5.32 Å². The third-order valence-corrected chi connectivity index (χ3v) is 5.20. The maximum absolute atomic E-state index is 12.5. The van der Waals surface area contributed by atoms with Crippen LogP contribution in [0.15, 0.2) is 18.2 Å². The molecular weight excluding hydrogens is 317 g/mol. The average Bonchev–Trinajstić information content (AvgIpc) is 2.41. The fraction of sp³-hybridized carbons (Fsp3) is 0.533. The van der Waals surface area contributed by atoms with Gasteiger partial charge in [0.2, 0.25) is 0 Å². The maximum atomic E-state index is 12.5. The maximum Gasteiger partial charge on any atom is 0.254 e. The fourth-order valence-electron chi connectivity index (χ4n) is 2.62. The number of alkyl halides is 1. The van der Waals surface area contributed by atoms with Crippen molar-refractivity contribution in [1.29, 1.82) is 0 Å². The molecule has 1 N–H and O–H groups in total. The van der Waals surface area contributed by atoms with Gasteiger partial charge < -0.3 is 5.32 Å². The zero-order valence-electron chi connectivity index (χ0n) is 11.4. The lowest BCUT2D eigenvalue weighted by atomic mass is 9.78. The molecule has 2 nitrogen and oxygen atoms in total. The van der Waals surface area contributed by atoms with Crippen molar-refractivity contribution in [2.24, 2.45) is 5.92 Å². The number of rotatable bonds is 3. The molecular formula is C15H18Cl3NO. The normalized spacial score (nSPS) is 26.3. The summed E-state index contributed by atoms with van der Waals surface area (Å²) >= 11 is 18.3. The monoisotopic (exact) mass is 333 g/mol. The van der Waals surface area contributed by atoms with Crippen LogP contribution in [-0.2, 0) is 0 Å². The van der Waals surface area contributed by atoms with Crippen LogP contribution >= 0.6 is 34.8 Å². The van der Waals surface area contributed by atoms with Gasteiger partial charge in [-0.3, -0.25) is 4.79 Å². The molecule has 0 bridgehead atoms. The zero-order valence-corrected chi connectivity index (χ0v) is 13.7. The van der Waals surface area contributed by atoms with Crippen LogP contribution in [0.5, 0.6) is 0 Å². The predicted octanol–water partition coefficient (Wildman–Crippen LogP) is 4.91. The van der Waals surface area contributed by atoms with Crippen LogP contribution in [0, 0.1) is 5.92 Å². The van der Waals surface area contributed by atoms with Crippen LogP contribution in [0.25, 0.3) is 0 Å². The van der Waals surface area contributed by atoms with Gasteiger partial charge in [-0.1, -0.05) is 36.2 Å². The molecule has 1 aliphatic carbocycles. The molecule has 0 heterocycles. The first-order valence-corrected chi connectivity index (χ1v) is 8.09. The Morgan fingerprint density at radius 3 is 2.35 bits per heavy atom. The molecule has 0 spiro atoms. The highest BCUT2D eigenvalue weighted by Gasteiger charge is 2.35. The molecule has 0 atom stereocenters. The Labute approximate surface area is 134 Å². The van der Waals surface area contributed by atoms with E-state index in [-0.39, 0.29) is 11.4 Å². The standard InChI is InChI=1S/C15H18Cl3NO/c1-10-5-7-15(9-16,8-6-10)19-14(20)13-11(17)3-2-4-12(13)18/h2-4,10H,5-9H2,1H3,(H,19,20).